The van der Waals surface area contributed by atoms with E-state index in [1.54, 1.807) is 25.1 Å². The smallest absolute Gasteiger partial charge is 0.337 e. The normalized spacial score (nSPS) is 9.85. The molecular formula is C14H10ClN3O2. The van der Waals surface area contributed by atoms with Crippen LogP contribution in [0.1, 0.15) is 21.6 Å². The van der Waals surface area contributed by atoms with Crippen molar-refractivity contribution in [1.29, 1.82) is 5.26 Å². The first-order valence-corrected chi connectivity index (χ1v) is 6.06. The molecule has 0 spiro atoms. The van der Waals surface area contributed by atoms with Gasteiger partial charge in [0.05, 0.1) is 16.1 Å². The molecule has 0 amide bonds. The summed E-state index contributed by atoms with van der Waals surface area (Å²) < 4.78 is 0. The second-order valence-electron chi connectivity index (χ2n) is 4.09. The molecule has 0 aliphatic heterocycles. The number of nitrogens with one attached hydrogen (secondary N) is 1. The van der Waals surface area contributed by atoms with E-state index in [1.807, 2.05) is 6.07 Å². The van der Waals surface area contributed by atoms with Gasteiger partial charge in [-0.25, -0.2) is 9.78 Å². The van der Waals surface area contributed by atoms with Crippen LogP contribution in [0.5, 0.6) is 0 Å². The lowest BCUT2D eigenvalue weighted by Crippen LogP contribution is -2.02. The topological polar surface area (TPSA) is 86.0 Å². The summed E-state index contributed by atoms with van der Waals surface area (Å²) in [4.78, 5) is 15.2. The number of aromatic carboxylic acids is 1. The Bertz CT molecular complexity index is 723. The van der Waals surface area contributed by atoms with Crippen molar-refractivity contribution in [3.8, 4) is 6.07 Å². The van der Waals surface area contributed by atoms with E-state index in [9.17, 15) is 4.79 Å². The van der Waals surface area contributed by atoms with Crippen molar-refractivity contribution in [3.05, 3.63) is 52.2 Å². The van der Waals surface area contributed by atoms with Crippen LogP contribution in [0.15, 0.2) is 30.3 Å². The minimum absolute atomic E-state index is 0.0113. The Kier molecular flexibility index (Phi) is 3.87. The zero-order chi connectivity index (χ0) is 14.7. The van der Waals surface area contributed by atoms with E-state index in [2.05, 4.69) is 10.3 Å². The Labute approximate surface area is 120 Å². The standard InChI is InChI=1S/C14H10ClN3O2/c1-8-2-3-9(7-16)13(17-8)18-10-4-5-12(15)11(6-10)14(19)20/h2-6H,1H3,(H,17,18)(H,19,20). The molecule has 0 radical (unpaired) electrons. The van der Waals surface area contributed by atoms with Gasteiger partial charge in [0.25, 0.3) is 0 Å². The highest BCUT2D eigenvalue weighted by molar-refractivity contribution is 6.33. The maximum atomic E-state index is 11.0. The van der Waals surface area contributed by atoms with Gasteiger partial charge in [0, 0.05) is 11.4 Å². The number of carboxylic acid groups (broad SMARTS) is 1. The number of pyridine rings is 1. The Morgan fingerprint density at radius 1 is 1.40 bits per heavy atom. The van der Waals surface area contributed by atoms with Gasteiger partial charge in [-0.15, -0.1) is 0 Å². The van der Waals surface area contributed by atoms with Crippen molar-refractivity contribution in [2.75, 3.05) is 5.32 Å². The van der Waals surface area contributed by atoms with Crippen LogP contribution in [0.4, 0.5) is 11.5 Å². The van der Waals surface area contributed by atoms with Gasteiger partial charge < -0.3 is 10.4 Å². The number of hydrogen-bond acceptors (Lipinski definition) is 4. The van der Waals surface area contributed by atoms with E-state index >= 15 is 0 Å². The summed E-state index contributed by atoms with van der Waals surface area (Å²) in [7, 11) is 0. The Hall–Kier alpha value is -2.58. The highest BCUT2D eigenvalue weighted by Gasteiger charge is 2.11. The first-order chi connectivity index (χ1) is 9.51. The zero-order valence-corrected chi connectivity index (χ0v) is 11.3. The molecule has 1 aromatic carbocycles. The monoisotopic (exact) mass is 287 g/mol. The van der Waals surface area contributed by atoms with Gasteiger partial charge in [0.2, 0.25) is 0 Å². The molecule has 0 fully saturated rings. The lowest BCUT2D eigenvalue weighted by atomic mass is 10.2. The van der Waals surface area contributed by atoms with E-state index < -0.39 is 5.97 Å². The minimum atomic E-state index is -1.11. The molecule has 1 heterocycles. The quantitative estimate of drug-likeness (QED) is 0.904. The number of hydrogen-bond donors (Lipinski definition) is 2. The van der Waals surface area contributed by atoms with Gasteiger partial charge in [0.1, 0.15) is 11.9 Å². The van der Waals surface area contributed by atoms with E-state index in [0.717, 1.165) is 5.69 Å². The van der Waals surface area contributed by atoms with Crippen LogP contribution >= 0.6 is 11.6 Å². The molecule has 0 atom stereocenters. The highest BCUT2D eigenvalue weighted by atomic mass is 35.5. The van der Waals surface area contributed by atoms with Crippen molar-refractivity contribution in [3.63, 3.8) is 0 Å². The van der Waals surface area contributed by atoms with E-state index in [0.29, 0.717) is 17.1 Å². The number of rotatable bonds is 3. The average molecular weight is 288 g/mol. The van der Waals surface area contributed by atoms with Crippen LogP contribution in [0.2, 0.25) is 5.02 Å². The maximum Gasteiger partial charge on any atom is 0.337 e. The molecule has 2 N–H and O–H groups in total. The van der Waals surface area contributed by atoms with E-state index in [1.165, 1.54) is 12.1 Å². The Morgan fingerprint density at radius 2 is 2.15 bits per heavy atom. The number of nitrogens with zero attached hydrogens (tertiary/aromatic N) is 2. The third-order valence-corrected chi connectivity index (χ3v) is 2.94. The van der Waals surface area contributed by atoms with Crippen LogP contribution in [0.25, 0.3) is 0 Å². The molecule has 0 bridgehead atoms. The van der Waals surface area contributed by atoms with Gasteiger partial charge in [-0.2, -0.15) is 5.26 Å². The highest BCUT2D eigenvalue weighted by Crippen LogP contribution is 2.24. The van der Waals surface area contributed by atoms with Crippen molar-refractivity contribution < 1.29 is 9.90 Å². The number of nitriles is 1. The number of carbonyl (C=O) groups is 1. The molecule has 0 saturated carbocycles. The van der Waals surface area contributed by atoms with Gasteiger partial charge in [-0.1, -0.05) is 11.6 Å². The largest absolute Gasteiger partial charge is 0.478 e. The third-order valence-electron chi connectivity index (χ3n) is 2.61. The van der Waals surface area contributed by atoms with Gasteiger partial charge in [-0.3, -0.25) is 0 Å². The fraction of sp³-hybridized carbons (Fsp3) is 0.0714. The fourth-order valence-corrected chi connectivity index (χ4v) is 1.84. The summed E-state index contributed by atoms with van der Waals surface area (Å²) in [5.41, 5.74) is 1.62. The van der Waals surface area contributed by atoms with E-state index in [4.69, 9.17) is 22.0 Å². The fourth-order valence-electron chi connectivity index (χ4n) is 1.65. The molecule has 20 heavy (non-hydrogen) atoms. The summed E-state index contributed by atoms with van der Waals surface area (Å²) in [6.07, 6.45) is 0. The lowest BCUT2D eigenvalue weighted by Gasteiger charge is -2.09. The molecule has 0 aliphatic rings. The Morgan fingerprint density at radius 3 is 2.80 bits per heavy atom. The Balaban J connectivity index is 2.40. The molecule has 0 unspecified atom stereocenters. The van der Waals surface area contributed by atoms with Crippen LogP contribution in [0, 0.1) is 18.3 Å². The lowest BCUT2D eigenvalue weighted by molar-refractivity contribution is 0.0697. The van der Waals surface area contributed by atoms with Crippen molar-refractivity contribution in [2.45, 2.75) is 6.92 Å². The number of carboxylic acids is 1. The summed E-state index contributed by atoms with van der Waals surface area (Å²) in [6, 6.07) is 9.91. The van der Waals surface area contributed by atoms with E-state index in [-0.39, 0.29) is 10.6 Å². The second kappa shape index (κ2) is 5.59. The predicted molar refractivity (Wildman–Crippen MR) is 75.4 cm³/mol. The second-order valence-corrected chi connectivity index (χ2v) is 4.49. The van der Waals surface area contributed by atoms with Gasteiger partial charge >= 0.3 is 5.97 Å². The minimum Gasteiger partial charge on any atom is -0.478 e. The average Bonchev–Trinajstić information content (AvgIpc) is 2.41. The predicted octanol–water partition coefficient (Wildman–Crippen LogP) is 3.36. The molecule has 1 aromatic heterocycles. The van der Waals surface area contributed by atoms with Crippen molar-refractivity contribution in [1.82, 2.24) is 4.98 Å². The summed E-state index contributed by atoms with van der Waals surface area (Å²) in [5, 5.41) is 21.1. The molecule has 0 saturated heterocycles. The number of anilines is 2. The molecule has 0 aliphatic carbocycles. The first-order valence-electron chi connectivity index (χ1n) is 5.69. The van der Waals surface area contributed by atoms with Gasteiger partial charge in [-0.05, 0) is 37.3 Å². The van der Waals surface area contributed by atoms with Crippen molar-refractivity contribution in [2.24, 2.45) is 0 Å². The number of halogens is 1. The van der Waals surface area contributed by atoms with Crippen LogP contribution in [0.3, 0.4) is 0 Å². The SMILES string of the molecule is Cc1ccc(C#N)c(Nc2ccc(Cl)c(C(=O)O)c2)n1. The first kappa shape index (κ1) is 13.8. The maximum absolute atomic E-state index is 11.0. The molecule has 2 rings (SSSR count). The molecule has 5 nitrogen and oxygen atoms in total. The third kappa shape index (κ3) is 2.87. The summed E-state index contributed by atoms with van der Waals surface area (Å²) >= 11 is 5.80. The number of benzene rings is 1. The number of aryl methyl sites for hydroxylation is 1. The number of aromatic nitrogens is 1. The molecule has 100 valence electrons. The van der Waals surface area contributed by atoms with Crippen LogP contribution in [-0.4, -0.2) is 16.1 Å². The van der Waals surface area contributed by atoms with Gasteiger partial charge in [0.15, 0.2) is 0 Å². The molecule has 6 heteroatoms. The van der Waals surface area contributed by atoms with Crippen LogP contribution in [-0.2, 0) is 0 Å². The van der Waals surface area contributed by atoms with Crippen molar-refractivity contribution >= 4 is 29.1 Å². The molecule has 2 aromatic rings. The summed E-state index contributed by atoms with van der Waals surface area (Å²) in [5.74, 6) is -0.734. The zero-order valence-electron chi connectivity index (χ0n) is 10.5. The van der Waals surface area contributed by atoms with Crippen LogP contribution < -0.4 is 5.32 Å². The summed E-state index contributed by atoms with van der Waals surface area (Å²) in [6.45, 7) is 1.80. The molecular weight excluding hydrogens is 278 g/mol.